The average molecular weight is 267 g/mol. The van der Waals surface area contributed by atoms with Gasteiger partial charge in [-0.15, -0.1) is 0 Å². The lowest BCUT2D eigenvalue weighted by molar-refractivity contribution is 0.589. The van der Waals surface area contributed by atoms with Crippen LogP contribution in [0.25, 0.3) is 11.1 Å². The normalized spacial score (nSPS) is 10.8. The van der Waals surface area contributed by atoms with Crippen molar-refractivity contribution in [1.29, 1.82) is 0 Å². The van der Waals surface area contributed by atoms with Crippen LogP contribution in [0.4, 0.5) is 5.69 Å². The van der Waals surface area contributed by atoms with Gasteiger partial charge in [-0.25, -0.2) is 4.98 Å². The fraction of sp³-hybridized carbons (Fsp3) is 0.200. The second kappa shape index (κ2) is 5.21. The van der Waals surface area contributed by atoms with E-state index in [2.05, 4.69) is 10.1 Å². The summed E-state index contributed by atoms with van der Waals surface area (Å²) in [7, 11) is 2.00. The predicted molar refractivity (Wildman–Crippen MR) is 79.0 cm³/mol. The third-order valence-electron chi connectivity index (χ3n) is 3.39. The van der Waals surface area contributed by atoms with E-state index in [0.29, 0.717) is 0 Å². The highest BCUT2D eigenvalue weighted by Crippen LogP contribution is 2.24. The van der Waals surface area contributed by atoms with Gasteiger partial charge in [-0.2, -0.15) is 5.10 Å². The van der Waals surface area contributed by atoms with Crippen LogP contribution < -0.4 is 5.73 Å². The van der Waals surface area contributed by atoms with E-state index in [1.54, 1.807) is 0 Å². The molecule has 0 aliphatic rings. The summed E-state index contributed by atoms with van der Waals surface area (Å²) < 4.78 is 3.95. The summed E-state index contributed by atoms with van der Waals surface area (Å²) in [5.74, 6) is 1.06. The van der Waals surface area contributed by atoms with Gasteiger partial charge in [0.15, 0.2) is 0 Å². The second-order valence-corrected chi connectivity index (χ2v) is 4.78. The van der Waals surface area contributed by atoms with Crippen molar-refractivity contribution >= 4 is 5.69 Å². The number of rotatable bonds is 4. The molecule has 0 amide bonds. The van der Waals surface area contributed by atoms with Gasteiger partial charge in [0.2, 0.25) is 0 Å². The largest absolute Gasteiger partial charge is 0.398 e. The van der Waals surface area contributed by atoms with E-state index < -0.39 is 0 Å². The van der Waals surface area contributed by atoms with Gasteiger partial charge in [0.1, 0.15) is 5.82 Å². The number of nitrogen functional groups attached to an aromatic ring is 1. The molecule has 0 saturated carbocycles. The summed E-state index contributed by atoms with van der Waals surface area (Å²) >= 11 is 0. The van der Waals surface area contributed by atoms with E-state index in [0.717, 1.165) is 35.6 Å². The smallest absolute Gasteiger partial charge is 0.110 e. The third-order valence-corrected chi connectivity index (χ3v) is 3.39. The number of nitrogens with zero attached hydrogens (tertiary/aromatic N) is 4. The zero-order valence-electron chi connectivity index (χ0n) is 11.4. The number of anilines is 1. The molecule has 0 bridgehead atoms. The topological polar surface area (TPSA) is 61.7 Å². The summed E-state index contributed by atoms with van der Waals surface area (Å²) in [4.78, 5) is 4.31. The van der Waals surface area contributed by atoms with Crippen molar-refractivity contribution in [3.05, 3.63) is 54.9 Å². The van der Waals surface area contributed by atoms with Crippen LogP contribution in [0.15, 0.2) is 49.1 Å². The van der Waals surface area contributed by atoms with Crippen LogP contribution in [-0.4, -0.2) is 19.3 Å². The summed E-state index contributed by atoms with van der Waals surface area (Å²) in [5, 5.41) is 4.39. The van der Waals surface area contributed by atoms with Crippen molar-refractivity contribution in [2.45, 2.75) is 13.0 Å². The fourth-order valence-electron chi connectivity index (χ4n) is 2.24. The number of hydrogen-bond acceptors (Lipinski definition) is 3. The molecule has 0 unspecified atom stereocenters. The molecule has 1 aromatic carbocycles. The van der Waals surface area contributed by atoms with E-state index in [1.807, 2.05) is 65.3 Å². The number of para-hydroxylation sites is 1. The van der Waals surface area contributed by atoms with Gasteiger partial charge in [-0.05, 0) is 6.07 Å². The Labute approximate surface area is 117 Å². The van der Waals surface area contributed by atoms with Crippen LogP contribution >= 0.6 is 0 Å². The number of aryl methyl sites for hydroxylation is 3. The molecule has 0 saturated heterocycles. The maximum Gasteiger partial charge on any atom is 0.110 e. The van der Waals surface area contributed by atoms with Crippen LogP contribution in [-0.2, 0) is 20.0 Å². The monoisotopic (exact) mass is 267 g/mol. The van der Waals surface area contributed by atoms with Crippen molar-refractivity contribution in [1.82, 2.24) is 19.3 Å². The Bertz CT molecular complexity index is 710. The molecule has 0 spiro atoms. The molecule has 0 aliphatic heterocycles. The first-order chi connectivity index (χ1) is 9.74. The van der Waals surface area contributed by atoms with Crippen molar-refractivity contribution in [2.24, 2.45) is 7.05 Å². The predicted octanol–water partition coefficient (Wildman–Crippen LogP) is 2.11. The number of hydrogen-bond donors (Lipinski definition) is 1. The van der Waals surface area contributed by atoms with Gasteiger partial charge in [0.25, 0.3) is 0 Å². The number of nitrogens with two attached hydrogens (primary N) is 1. The molecule has 2 aromatic heterocycles. The zero-order valence-corrected chi connectivity index (χ0v) is 11.4. The van der Waals surface area contributed by atoms with Gasteiger partial charge >= 0.3 is 0 Å². The lowest BCUT2D eigenvalue weighted by atomic mass is 10.1. The van der Waals surface area contributed by atoms with Gasteiger partial charge in [-0.3, -0.25) is 4.68 Å². The molecule has 102 valence electrons. The van der Waals surface area contributed by atoms with Gasteiger partial charge < -0.3 is 10.3 Å². The minimum Gasteiger partial charge on any atom is -0.398 e. The quantitative estimate of drug-likeness (QED) is 0.736. The summed E-state index contributed by atoms with van der Waals surface area (Å²) in [6.07, 6.45) is 8.50. The van der Waals surface area contributed by atoms with E-state index in [9.17, 15) is 0 Å². The first-order valence-electron chi connectivity index (χ1n) is 6.57. The molecule has 3 rings (SSSR count). The van der Waals surface area contributed by atoms with Crippen LogP contribution in [0.3, 0.4) is 0 Å². The molecule has 0 aliphatic carbocycles. The molecule has 0 radical (unpaired) electrons. The molecule has 3 aromatic rings. The lowest BCUT2D eigenvalue weighted by Crippen LogP contribution is -2.05. The van der Waals surface area contributed by atoms with Crippen LogP contribution in [0, 0.1) is 0 Å². The van der Waals surface area contributed by atoms with E-state index in [1.165, 1.54) is 0 Å². The van der Waals surface area contributed by atoms with Gasteiger partial charge in [0, 0.05) is 55.4 Å². The van der Waals surface area contributed by atoms with E-state index in [4.69, 9.17) is 5.73 Å². The van der Waals surface area contributed by atoms with Gasteiger partial charge in [-0.1, -0.05) is 18.2 Å². The number of imidazole rings is 1. The van der Waals surface area contributed by atoms with E-state index >= 15 is 0 Å². The average Bonchev–Trinajstić information content (AvgIpc) is 3.06. The standard InChI is InChI=1S/C15H17N5/c1-19-9-7-17-15(19)6-8-20-11-12(10-18-20)13-4-2-3-5-14(13)16/h2-5,7,9-11H,6,8,16H2,1H3. The Morgan fingerprint density at radius 1 is 1.25 bits per heavy atom. The number of aromatic nitrogens is 4. The Hall–Kier alpha value is -2.56. The Morgan fingerprint density at radius 2 is 2.10 bits per heavy atom. The first-order valence-corrected chi connectivity index (χ1v) is 6.57. The Balaban J connectivity index is 1.74. The maximum absolute atomic E-state index is 5.98. The molecule has 0 atom stereocenters. The first kappa shape index (κ1) is 12.5. The van der Waals surface area contributed by atoms with Crippen molar-refractivity contribution in [2.75, 3.05) is 5.73 Å². The van der Waals surface area contributed by atoms with Crippen LogP contribution in [0.5, 0.6) is 0 Å². The molecule has 0 fully saturated rings. The molecule has 5 heteroatoms. The van der Waals surface area contributed by atoms with Gasteiger partial charge in [0.05, 0.1) is 6.20 Å². The Kier molecular flexibility index (Phi) is 3.25. The molecule has 5 nitrogen and oxygen atoms in total. The number of benzene rings is 1. The summed E-state index contributed by atoms with van der Waals surface area (Å²) in [6, 6.07) is 7.83. The highest BCUT2D eigenvalue weighted by molar-refractivity contribution is 5.75. The Morgan fingerprint density at radius 3 is 2.85 bits per heavy atom. The molecule has 2 N–H and O–H groups in total. The second-order valence-electron chi connectivity index (χ2n) is 4.78. The van der Waals surface area contributed by atoms with Crippen molar-refractivity contribution < 1.29 is 0 Å². The van der Waals surface area contributed by atoms with Crippen molar-refractivity contribution in [3.8, 4) is 11.1 Å². The van der Waals surface area contributed by atoms with Crippen LogP contribution in [0.2, 0.25) is 0 Å². The van der Waals surface area contributed by atoms with Crippen molar-refractivity contribution in [3.63, 3.8) is 0 Å². The minimum absolute atomic E-state index is 0.774. The van der Waals surface area contributed by atoms with E-state index in [-0.39, 0.29) is 0 Å². The fourth-order valence-corrected chi connectivity index (χ4v) is 2.24. The molecule has 2 heterocycles. The van der Waals surface area contributed by atoms with Crippen LogP contribution in [0.1, 0.15) is 5.82 Å². The highest BCUT2D eigenvalue weighted by atomic mass is 15.3. The maximum atomic E-state index is 5.98. The molecular weight excluding hydrogens is 250 g/mol. The highest BCUT2D eigenvalue weighted by Gasteiger charge is 2.06. The summed E-state index contributed by atoms with van der Waals surface area (Å²) in [6.45, 7) is 0.803. The molecule has 20 heavy (non-hydrogen) atoms. The lowest BCUT2D eigenvalue weighted by Gasteiger charge is -2.03. The summed E-state index contributed by atoms with van der Waals surface area (Å²) in [5.41, 5.74) is 8.82. The molecular formula is C15H17N5. The third kappa shape index (κ3) is 2.42. The zero-order chi connectivity index (χ0) is 13.9. The minimum atomic E-state index is 0.774. The SMILES string of the molecule is Cn1ccnc1CCn1cc(-c2ccccc2N)cn1.